The molecule has 0 bridgehead atoms. The molecular weight excluding hydrogens is 424 g/mol. The molecule has 0 atom stereocenters. The van der Waals surface area contributed by atoms with Crippen molar-refractivity contribution in [3.8, 4) is 11.5 Å². The first-order valence-corrected chi connectivity index (χ1v) is 12.7. The summed E-state index contributed by atoms with van der Waals surface area (Å²) in [6.07, 6.45) is 6.49. The van der Waals surface area contributed by atoms with Gasteiger partial charge in [-0.2, -0.15) is 0 Å². The Bertz CT molecular complexity index is 1150. The van der Waals surface area contributed by atoms with Crippen LogP contribution in [0.1, 0.15) is 91.5 Å². The van der Waals surface area contributed by atoms with E-state index in [2.05, 4.69) is 46.8 Å². The molecule has 0 N–H and O–H groups in total. The van der Waals surface area contributed by atoms with Crippen molar-refractivity contribution in [1.29, 1.82) is 0 Å². The second kappa shape index (κ2) is 11.5. The van der Waals surface area contributed by atoms with E-state index in [9.17, 15) is 9.59 Å². The van der Waals surface area contributed by atoms with Crippen LogP contribution in [-0.2, 0) is 15.0 Å². The van der Waals surface area contributed by atoms with E-state index in [0.29, 0.717) is 24.3 Å². The predicted molar refractivity (Wildman–Crippen MR) is 140 cm³/mol. The zero-order valence-corrected chi connectivity index (χ0v) is 21.3. The minimum atomic E-state index is -0.232. The van der Waals surface area contributed by atoms with Crippen LogP contribution in [0.4, 0.5) is 0 Å². The molecule has 0 aromatic heterocycles. The lowest BCUT2D eigenvalue weighted by Crippen LogP contribution is -2.13. The molecule has 0 aliphatic rings. The summed E-state index contributed by atoms with van der Waals surface area (Å²) in [6.45, 7) is 10.7. The molecule has 0 heterocycles. The van der Waals surface area contributed by atoms with Crippen LogP contribution in [0, 0.1) is 0 Å². The van der Waals surface area contributed by atoms with Crippen molar-refractivity contribution in [2.45, 2.75) is 91.4 Å². The number of ether oxygens (including phenoxy) is 2. The molecule has 0 aliphatic carbocycles. The number of carbonyl (C=O) groups is 2. The van der Waals surface area contributed by atoms with Gasteiger partial charge in [0.05, 0.1) is 0 Å². The van der Waals surface area contributed by atoms with Crippen LogP contribution >= 0.6 is 0 Å². The van der Waals surface area contributed by atoms with Crippen LogP contribution in [0.25, 0.3) is 21.5 Å². The van der Waals surface area contributed by atoms with Gasteiger partial charge in [0.2, 0.25) is 0 Å². The van der Waals surface area contributed by atoms with Crippen molar-refractivity contribution in [1.82, 2.24) is 0 Å². The Hall–Kier alpha value is -2.88. The normalized spacial score (nSPS) is 11.7. The van der Waals surface area contributed by atoms with Crippen molar-refractivity contribution in [3.63, 3.8) is 0 Å². The van der Waals surface area contributed by atoms with Gasteiger partial charge in [0, 0.05) is 34.4 Å². The standard InChI is InChI=1S/C30H38O4/c1-6-8-10-16-26(31)33-28-22-14-12-13-15-23(22)29(34-27(32)17-11-9-7-2)25-20-21(30(3,4)5)18-19-24(25)28/h12-15,18-20H,6-11,16-17H2,1-5H3. The van der Waals surface area contributed by atoms with Crippen LogP contribution in [0.2, 0.25) is 0 Å². The Labute approximate surface area is 203 Å². The number of fused-ring (bicyclic) bond motifs is 2. The van der Waals surface area contributed by atoms with Crippen LogP contribution in [-0.4, -0.2) is 11.9 Å². The first kappa shape index (κ1) is 25.7. The monoisotopic (exact) mass is 462 g/mol. The van der Waals surface area contributed by atoms with Gasteiger partial charge in [-0.05, 0) is 29.9 Å². The molecule has 0 radical (unpaired) electrons. The van der Waals surface area contributed by atoms with Crippen molar-refractivity contribution < 1.29 is 19.1 Å². The third-order valence-corrected chi connectivity index (χ3v) is 6.19. The highest BCUT2D eigenvalue weighted by Crippen LogP contribution is 2.44. The van der Waals surface area contributed by atoms with Gasteiger partial charge in [-0.25, -0.2) is 0 Å². The lowest BCUT2D eigenvalue weighted by Gasteiger charge is -2.22. The van der Waals surface area contributed by atoms with E-state index in [-0.39, 0.29) is 17.4 Å². The van der Waals surface area contributed by atoms with Gasteiger partial charge in [-0.15, -0.1) is 0 Å². The average molecular weight is 463 g/mol. The van der Waals surface area contributed by atoms with Gasteiger partial charge < -0.3 is 9.47 Å². The molecule has 0 fully saturated rings. The van der Waals surface area contributed by atoms with Gasteiger partial charge in [0.25, 0.3) is 0 Å². The summed E-state index contributed by atoms with van der Waals surface area (Å²) in [4.78, 5) is 25.5. The average Bonchev–Trinajstić information content (AvgIpc) is 2.80. The largest absolute Gasteiger partial charge is 0.425 e. The SMILES string of the molecule is CCCCCC(=O)Oc1c2ccccc2c(OC(=O)CCCCC)c2cc(C(C)(C)C)ccc12. The number of hydrogen-bond donors (Lipinski definition) is 0. The Balaban J connectivity index is 2.16. The molecule has 4 nitrogen and oxygen atoms in total. The number of esters is 2. The van der Waals surface area contributed by atoms with Crippen LogP contribution in [0.15, 0.2) is 42.5 Å². The molecule has 0 saturated carbocycles. The van der Waals surface area contributed by atoms with E-state index in [1.165, 1.54) is 0 Å². The summed E-state index contributed by atoms with van der Waals surface area (Å²) in [5.74, 6) is 0.622. The fourth-order valence-corrected chi connectivity index (χ4v) is 4.15. The molecule has 0 unspecified atom stereocenters. The van der Waals surface area contributed by atoms with Gasteiger partial charge in [0.1, 0.15) is 11.5 Å². The summed E-state index contributed by atoms with van der Waals surface area (Å²) in [6, 6.07) is 13.8. The van der Waals surface area contributed by atoms with Gasteiger partial charge in [-0.3, -0.25) is 9.59 Å². The molecule has 182 valence electrons. The summed E-state index contributed by atoms with van der Waals surface area (Å²) in [5, 5.41) is 3.14. The van der Waals surface area contributed by atoms with Crippen molar-refractivity contribution in [3.05, 3.63) is 48.0 Å². The summed E-state index contributed by atoms with van der Waals surface area (Å²) in [7, 11) is 0. The van der Waals surface area contributed by atoms with Crippen molar-refractivity contribution >= 4 is 33.5 Å². The van der Waals surface area contributed by atoms with Gasteiger partial charge in [0.15, 0.2) is 0 Å². The van der Waals surface area contributed by atoms with Crippen LogP contribution in [0.5, 0.6) is 11.5 Å². The fraction of sp³-hybridized carbons (Fsp3) is 0.467. The van der Waals surface area contributed by atoms with E-state index >= 15 is 0 Å². The number of unbranched alkanes of at least 4 members (excludes halogenated alkanes) is 4. The fourth-order valence-electron chi connectivity index (χ4n) is 4.15. The molecule has 0 saturated heterocycles. The van der Waals surface area contributed by atoms with E-state index in [1.807, 2.05) is 30.3 Å². The van der Waals surface area contributed by atoms with E-state index in [1.54, 1.807) is 0 Å². The summed E-state index contributed by atoms with van der Waals surface area (Å²) < 4.78 is 12.0. The third kappa shape index (κ3) is 6.16. The molecule has 4 heteroatoms. The molecular formula is C30H38O4. The summed E-state index contributed by atoms with van der Waals surface area (Å²) in [5.41, 5.74) is 1.04. The number of rotatable bonds is 10. The van der Waals surface area contributed by atoms with E-state index < -0.39 is 0 Å². The topological polar surface area (TPSA) is 52.6 Å². The minimum Gasteiger partial charge on any atom is -0.425 e. The second-order valence-electron chi connectivity index (χ2n) is 10.1. The zero-order chi connectivity index (χ0) is 24.7. The number of hydrogen-bond acceptors (Lipinski definition) is 4. The molecule has 3 rings (SSSR count). The van der Waals surface area contributed by atoms with Crippen molar-refractivity contribution in [2.75, 3.05) is 0 Å². The maximum atomic E-state index is 12.8. The maximum absolute atomic E-state index is 12.8. The second-order valence-corrected chi connectivity index (χ2v) is 10.1. The van der Waals surface area contributed by atoms with Gasteiger partial charge in [-0.1, -0.05) is 96.7 Å². The first-order chi connectivity index (χ1) is 16.3. The third-order valence-electron chi connectivity index (χ3n) is 6.19. The maximum Gasteiger partial charge on any atom is 0.311 e. The minimum absolute atomic E-state index is 0.0841. The lowest BCUT2D eigenvalue weighted by molar-refractivity contribution is -0.135. The number of benzene rings is 3. The Morgan fingerprint density at radius 1 is 0.676 bits per heavy atom. The molecule has 0 aliphatic heterocycles. The zero-order valence-electron chi connectivity index (χ0n) is 21.3. The lowest BCUT2D eigenvalue weighted by atomic mass is 9.85. The van der Waals surface area contributed by atoms with E-state index in [4.69, 9.17) is 9.47 Å². The highest BCUT2D eigenvalue weighted by Gasteiger charge is 2.22. The molecule has 3 aromatic carbocycles. The van der Waals surface area contributed by atoms with Gasteiger partial charge >= 0.3 is 11.9 Å². The number of carbonyl (C=O) groups excluding carboxylic acids is 2. The molecule has 3 aromatic rings. The van der Waals surface area contributed by atoms with Crippen LogP contribution in [0.3, 0.4) is 0 Å². The van der Waals surface area contributed by atoms with Crippen LogP contribution < -0.4 is 9.47 Å². The highest BCUT2D eigenvalue weighted by atomic mass is 16.5. The quantitative estimate of drug-likeness (QED) is 0.132. The Morgan fingerprint density at radius 3 is 1.62 bits per heavy atom. The summed E-state index contributed by atoms with van der Waals surface area (Å²) >= 11 is 0. The highest BCUT2D eigenvalue weighted by molar-refractivity contribution is 6.12. The first-order valence-electron chi connectivity index (χ1n) is 12.7. The predicted octanol–water partition coefficient (Wildman–Crippen LogP) is 8.26. The Kier molecular flexibility index (Phi) is 8.71. The smallest absolute Gasteiger partial charge is 0.311 e. The molecule has 34 heavy (non-hydrogen) atoms. The Morgan fingerprint density at radius 2 is 1.15 bits per heavy atom. The van der Waals surface area contributed by atoms with Crippen molar-refractivity contribution in [2.24, 2.45) is 0 Å². The molecule has 0 amide bonds. The molecule has 0 spiro atoms. The van der Waals surface area contributed by atoms with E-state index in [0.717, 1.165) is 65.6 Å².